The summed E-state index contributed by atoms with van der Waals surface area (Å²) in [7, 11) is 1.83. The van der Waals surface area contributed by atoms with E-state index in [1.165, 1.54) is 23.9 Å². The van der Waals surface area contributed by atoms with E-state index < -0.39 is 0 Å². The summed E-state index contributed by atoms with van der Waals surface area (Å²) in [4.78, 5) is 19.2. The molecule has 1 N–H and O–H groups in total. The Bertz CT molecular complexity index is 863. The summed E-state index contributed by atoms with van der Waals surface area (Å²) in [6.45, 7) is 0. The van der Waals surface area contributed by atoms with Gasteiger partial charge in [-0.1, -0.05) is 23.9 Å². The second-order valence-corrected chi connectivity index (χ2v) is 6.12. The van der Waals surface area contributed by atoms with Crippen LogP contribution in [-0.4, -0.2) is 19.7 Å². The van der Waals surface area contributed by atoms with E-state index in [4.69, 9.17) is 0 Å². The maximum Gasteiger partial charge on any atom is 0.255 e. The summed E-state index contributed by atoms with van der Waals surface area (Å²) < 4.78 is 14.6. The molecule has 0 spiro atoms. The van der Waals surface area contributed by atoms with E-state index in [2.05, 4.69) is 15.1 Å². The van der Waals surface area contributed by atoms with Crippen molar-refractivity contribution in [3.8, 4) is 0 Å². The monoisotopic (exact) mass is 366 g/mol. The van der Waals surface area contributed by atoms with E-state index in [0.29, 0.717) is 22.9 Å². The summed E-state index contributed by atoms with van der Waals surface area (Å²) >= 11 is 1.41. The zero-order valence-electron chi connectivity index (χ0n) is 12.9. The maximum absolute atomic E-state index is 12.9. The molecule has 5 nitrogen and oxygen atoms in total. The van der Waals surface area contributed by atoms with Gasteiger partial charge in [0.1, 0.15) is 5.82 Å². The number of nitrogens with one attached hydrogen (secondary N) is 1. The smallest absolute Gasteiger partial charge is 0.255 e. The van der Waals surface area contributed by atoms with Crippen molar-refractivity contribution in [2.24, 2.45) is 7.05 Å². The topological polar surface area (TPSA) is 63.6 Å². The predicted octanol–water partition coefficient (Wildman–Crippen LogP) is 2.95. The van der Waals surface area contributed by atoms with E-state index in [-0.39, 0.29) is 23.8 Å². The standard InChI is InChI=1S/C16H15FN4OS.ClH/c1-21-9-12(7-19-21)6-13-8-18-16(20-15(13)22)23-10-11-2-4-14(17)5-3-11;/h2-5,7-9H,6,10H2,1H3,(H,18,20,22);1H. The molecule has 0 bridgehead atoms. The predicted molar refractivity (Wildman–Crippen MR) is 94.1 cm³/mol. The molecule has 0 aliphatic rings. The number of aryl methyl sites for hydroxylation is 1. The average Bonchev–Trinajstić information content (AvgIpc) is 2.94. The van der Waals surface area contributed by atoms with E-state index in [1.807, 2.05) is 13.2 Å². The Morgan fingerprint density at radius 1 is 1.21 bits per heavy atom. The number of aromatic nitrogens is 4. The number of halogens is 2. The van der Waals surface area contributed by atoms with Gasteiger partial charge in [-0.2, -0.15) is 5.10 Å². The van der Waals surface area contributed by atoms with E-state index in [0.717, 1.165) is 11.1 Å². The molecule has 8 heteroatoms. The van der Waals surface area contributed by atoms with Crippen LogP contribution in [0.3, 0.4) is 0 Å². The largest absolute Gasteiger partial charge is 0.301 e. The van der Waals surface area contributed by atoms with Gasteiger partial charge in [0, 0.05) is 37.2 Å². The first kappa shape index (κ1) is 18.2. The van der Waals surface area contributed by atoms with Gasteiger partial charge in [-0.3, -0.25) is 9.48 Å². The average molecular weight is 367 g/mol. The fourth-order valence-electron chi connectivity index (χ4n) is 2.12. The van der Waals surface area contributed by atoms with Crippen molar-refractivity contribution < 1.29 is 4.39 Å². The first-order chi connectivity index (χ1) is 11.1. The molecule has 0 fully saturated rings. The minimum atomic E-state index is -0.259. The fourth-order valence-corrected chi connectivity index (χ4v) is 2.91. The molecule has 0 atom stereocenters. The van der Waals surface area contributed by atoms with Crippen LogP contribution >= 0.6 is 24.2 Å². The van der Waals surface area contributed by atoms with Crippen LogP contribution in [0.5, 0.6) is 0 Å². The molecular weight excluding hydrogens is 351 g/mol. The van der Waals surface area contributed by atoms with Crippen molar-refractivity contribution in [1.29, 1.82) is 0 Å². The third-order valence-corrected chi connectivity index (χ3v) is 4.25. The van der Waals surface area contributed by atoms with Crippen molar-refractivity contribution in [3.63, 3.8) is 0 Å². The van der Waals surface area contributed by atoms with Crippen LogP contribution in [0.25, 0.3) is 0 Å². The molecule has 3 rings (SSSR count). The fraction of sp³-hybridized carbons (Fsp3) is 0.188. The lowest BCUT2D eigenvalue weighted by Gasteiger charge is -2.03. The van der Waals surface area contributed by atoms with Crippen LogP contribution in [0.4, 0.5) is 4.39 Å². The lowest BCUT2D eigenvalue weighted by atomic mass is 10.1. The highest BCUT2D eigenvalue weighted by Gasteiger charge is 2.06. The Morgan fingerprint density at radius 2 is 1.96 bits per heavy atom. The third-order valence-electron chi connectivity index (χ3n) is 3.29. The molecule has 0 saturated heterocycles. The summed E-state index contributed by atoms with van der Waals surface area (Å²) in [5.74, 6) is 0.357. The first-order valence-corrected chi connectivity index (χ1v) is 8.01. The highest BCUT2D eigenvalue weighted by molar-refractivity contribution is 7.98. The van der Waals surface area contributed by atoms with Crippen LogP contribution in [0.15, 0.2) is 52.8 Å². The Hall–Kier alpha value is -2.12. The first-order valence-electron chi connectivity index (χ1n) is 7.03. The molecule has 0 amide bonds. The molecule has 126 valence electrons. The van der Waals surface area contributed by atoms with Gasteiger partial charge >= 0.3 is 0 Å². The van der Waals surface area contributed by atoms with Crippen LogP contribution in [0.1, 0.15) is 16.7 Å². The Balaban J connectivity index is 0.00000208. The molecule has 0 aliphatic carbocycles. The maximum atomic E-state index is 12.9. The van der Waals surface area contributed by atoms with Gasteiger partial charge in [-0.25, -0.2) is 9.37 Å². The molecule has 0 unspecified atom stereocenters. The number of hydrogen-bond donors (Lipinski definition) is 1. The lowest BCUT2D eigenvalue weighted by Crippen LogP contribution is -2.14. The Kier molecular flexibility index (Phi) is 6.16. The molecule has 2 aromatic heterocycles. The summed E-state index contributed by atoms with van der Waals surface area (Å²) in [6, 6.07) is 6.28. The van der Waals surface area contributed by atoms with E-state index in [9.17, 15) is 9.18 Å². The van der Waals surface area contributed by atoms with Gasteiger partial charge in [0.05, 0.1) is 6.20 Å². The molecule has 2 heterocycles. The SMILES string of the molecule is Cl.Cn1cc(Cc2cnc(SCc3ccc(F)cc3)[nH]c2=O)cn1. The van der Waals surface area contributed by atoms with E-state index in [1.54, 1.807) is 29.2 Å². The van der Waals surface area contributed by atoms with Gasteiger partial charge < -0.3 is 4.98 Å². The summed E-state index contributed by atoms with van der Waals surface area (Å²) in [5.41, 5.74) is 2.39. The molecule has 0 saturated carbocycles. The van der Waals surface area contributed by atoms with Crippen molar-refractivity contribution in [2.75, 3.05) is 0 Å². The minimum Gasteiger partial charge on any atom is -0.301 e. The third kappa shape index (κ3) is 4.69. The normalized spacial score (nSPS) is 10.4. The zero-order valence-corrected chi connectivity index (χ0v) is 14.5. The molecule has 0 radical (unpaired) electrons. The molecule has 24 heavy (non-hydrogen) atoms. The van der Waals surface area contributed by atoms with Gasteiger partial charge in [-0.15, -0.1) is 12.4 Å². The summed E-state index contributed by atoms with van der Waals surface area (Å²) in [6.07, 6.45) is 5.70. The van der Waals surface area contributed by atoms with Crippen molar-refractivity contribution in [1.82, 2.24) is 19.7 Å². The van der Waals surface area contributed by atoms with Gasteiger partial charge in [0.25, 0.3) is 5.56 Å². The molecule has 3 aromatic rings. The van der Waals surface area contributed by atoms with Gasteiger partial charge in [0.15, 0.2) is 5.16 Å². The number of hydrogen-bond acceptors (Lipinski definition) is 4. The Morgan fingerprint density at radius 3 is 2.58 bits per heavy atom. The van der Waals surface area contributed by atoms with Crippen molar-refractivity contribution >= 4 is 24.2 Å². The number of aromatic amines is 1. The number of thioether (sulfide) groups is 1. The number of nitrogens with zero attached hydrogens (tertiary/aromatic N) is 3. The van der Waals surface area contributed by atoms with Crippen LogP contribution in [0, 0.1) is 5.82 Å². The highest BCUT2D eigenvalue weighted by atomic mass is 35.5. The second-order valence-electron chi connectivity index (χ2n) is 5.16. The highest BCUT2D eigenvalue weighted by Crippen LogP contribution is 2.18. The van der Waals surface area contributed by atoms with Crippen LogP contribution in [-0.2, 0) is 19.2 Å². The zero-order chi connectivity index (χ0) is 16.2. The van der Waals surface area contributed by atoms with Crippen LogP contribution in [0.2, 0.25) is 0 Å². The Labute approximate surface area is 148 Å². The second kappa shape index (κ2) is 8.12. The van der Waals surface area contributed by atoms with Crippen LogP contribution < -0.4 is 5.56 Å². The molecule has 1 aromatic carbocycles. The molecular formula is C16H16ClFN4OS. The summed E-state index contributed by atoms with van der Waals surface area (Å²) in [5, 5.41) is 4.63. The minimum absolute atomic E-state index is 0. The molecule has 0 aliphatic heterocycles. The number of rotatable bonds is 5. The van der Waals surface area contributed by atoms with Gasteiger partial charge in [0.2, 0.25) is 0 Å². The van der Waals surface area contributed by atoms with Gasteiger partial charge in [-0.05, 0) is 23.3 Å². The number of benzene rings is 1. The quantitative estimate of drug-likeness (QED) is 0.557. The van der Waals surface area contributed by atoms with Crippen molar-refractivity contribution in [2.45, 2.75) is 17.3 Å². The van der Waals surface area contributed by atoms with Crippen molar-refractivity contribution in [3.05, 3.63) is 75.7 Å². The number of H-pyrrole nitrogens is 1. The van der Waals surface area contributed by atoms with E-state index >= 15 is 0 Å². The lowest BCUT2D eigenvalue weighted by molar-refractivity contribution is 0.627.